The highest BCUT2D eigenvalue weighted by atomic mass is 32.2. The molecular formula is C12H19N3O3S. The fraction of sp³-hybridized carbons (Fsp3) is 0.500. The lowest BCUT2D eigenvalue weighted by atomic mass is 10.0. The van der Waals surface area contributed by atoms with Gasteiger partial charge in [-0.15, -0.1) is 0 Å². The zero-order chi connectivity index (χ0) is 14.0. The molecule has 1 fully saturated rings. The van der Waals surface area contributed by atoms with Crippen LogP contribution in [0.5, 0.6) is 0 Å². The SMILES string of the molecule is CC(Nc1cc(N)cc(S(N)(=O)=O)c1)C1CCOC1. The quantitative estimate of drug-likeness (QED) is 0.708. The van der Waals surface area contributed by atoms with Gasteiger partial charge in [-0.25, -0.2) is 13.6 Å². The third-order valence-corrected chi connectivity index (χ3v) is 4.22. The molecule has 0 bridgehead atoms. The molecule has 7 heteroatoms. The van der Waals surface area contributed by atoms with Crippen LogP contribution >= 0.6 is 0 Å². The number of sulfonamides is 1. The van der Waals surface area contributed by atoms with Crippen LogP contribution in [0.25, 0.3) is 0 Å². The van der Waals surface area contributed by atoms with E-state index >= 15 is 0 Å². The molecule has 106 valence electrons. The number of anilines is 2. The van der Waals surface area contributed by atoms with Crippen LogP contribution in [-0.2, 0) is 14.8 Å². The Balaban J connectivity index is 2.18. The van der Waals surface area contributed by atoms with Gasteiger partial charge in [0, 0.05) is 29.9 Å². The lowest BCUT2D eigenvalue weighted by Gasteiger charge is -2.21. The van der Waals surface area contributed by atoms with E-state index in [4.69, 9.17) is 15.6 Å². The Morgan fingerprint density at radius 2 is 2.16 bits per heavy atom. The van der Waals surface area contributed by atoms with Crippen LogP contribution in [0.4, 0.5) is 11.4 Å². The number of primary sulfonamides is 1. The number of ether oxygens (including phenoxy) is 1. The maximum absolute atomic E-state index is 11.4. The number of nitrogen functional groups attached to an aromatic ring is 1. The fourth-order valence-electron chi connectivity index (χ4n) is 2.20. The fourth-order valence-corrected chi connectivity index (χ4v) is 2.79. The van der Waals surface area contributed by atoms with Crippen molar-refractivity contribution in [3.63, 3.8) is 0 Å². The lowest BCUT2D eigenvalue weighted by Crippen LogP contribution is -2.26. The van der Waals surface area contributed by atoms with Gasteiger partial charge < -0.3 is 15.8 Å². The van der Waals surface area contributed by atoms with Gasteiger partial charge in [-0.05, 0) is 31.5 Å². The smallest absolute Gasteiger partial charge is 0.238 e. The summed E-state index contributed by atoms with van der Waals surface area (Å²) in [6, 6.07) is 4.72. The first kappa shape index (κ1) is 14.1. The normalized spacial score (nSPS) is 21.3. The topological polar surface area (TPSA) is 107 Å². The second kappa shape index (κ2) is 5.36. The van der Waals surface area contributed by atoms with E-state index in [1.54, 1.807) is 6.07 Å². The number of benzene rings is 1. The van der Waals surface area contributed by atoms with Crippen LogP contribution in [0.3, 0.4) is 0 Å². The summed E-state index contributed by atoms with van der Waals surface area (Å²) in [5.74, 6) is 0.416. The largest absolute Gasteiger partial charge is 0.399 e. The summed E-state index contributed by atoms with van der Waals surface area (Å²) in [7, 11) is -3.75. The zero-order valence-corrected chi connectivity index (χ0v) is 11.6. The third kappa shape index (κ3) is 3.59. The van der Waals surface area contributed by atoms with E-state index in [9.17, 15) is 8.42 Å². The molecule has 1 saturated heterocycles. The summed E-state index contributed by atoms with van der Waals surface area (Å²) >= 11 is 0. The van der Waals surface area contributed by atoms with E-state index in [2.05, 4.69) is 5.32 Å². The van der Waals surface area contributed by atoms with E-state index in [-0.39, 0.29) is 10.9 Å². The summed E-state index contributed by atoms with van der Waals surface area (Å²) in [5.41, 5.74) is 6.72. The first-order valence-corrected chi connectivity index (χ1v) is 7.68. The Morgan fingerprint density at radius 1 is 1.42 bits per heavy atom. The molecule has 1 aromatic rings. The summed E-state index contributed by atoms with van der Waals surface area (Å²) in [6.45, 7) is 3.54. The molecule has 6 nitrogen and oxygen atoms in total. The second-order valence-corrected chi connectivity index (χ2v) is 6.45. The van der Waals surface area contributed by atoms with E-state index in [0.29, 0.717) is 17.3 Å². The van der Waals surface area contributed by atoms with Gasteiger partial charge >= 0.3 is 0 Å². The average molecular weight is 285 g/mol. The van der Waals surface area contributed by atoms with Gasteiger partial charge in [0.2, 0.25) is 10.0 Å². The highest BCUT2D eigenvalue weighted by Gasteiger charge is 2.22. The number of rotatable bonds is 4. The molecule has 0 radical (unpaired) electrons. The standard InChI is InChI=1S/C12H19N3O3S/c1-8(9-2-3-18-7-9)15-11-4-10(13)5-12(6-11)19(14,16)17/h4-6,8-9,15H,2-3,7,13H2,1H3,(H2,14,16,17). The molecule has 1 aromatic carbocycles. The molecule has 0 spiro atoms. The summed E-state index contributed by atoms with van der Waals surface area (Å²) < 4.78 is 28.0. The van der Waals surface area contributed by atoms with Gasteiger partial charge in [-0.3, -0.25) is 0 Å². The van der Waals surface area contributed by atoms with Gasteiger partial charge in [-0.2, -0.15) is 0 Å². The number of nitrogens with one attached hydrogen (secondary N) is 1. The van der Waals surface area contributed by atoms with Crippen LogP contribution in [0.15, 0.2) is 23.1 Å². The molecule has 2 atom stereocenters. The Labute approximate surface area is 113 Å². The van der Waals surface area contributed by atoms with E-state index in [1.165, 1.54) is 12.1 Å². The highest BCUT2D eigenvalue weighted by molar-refractivity contribution is 7.89. The number of hydrogen-bond donors (Lipinski definition) is 3. The third-order valence-electron chi connectivity index (χ3n) is 3.32. The zero-order valence-electron chi connectivity index (χ0n) is 10.8. The van der Waals surface area contributed by atoms with E-state index in [0.717, 1.165) is 19.6 Å². The first-order valence-electron chi connectivity index (χ1n) is 6.14. The summed E-state index contributed by atoms with van der Waals surface area (Å²) in [4.78, 5) is 0.0184. The van der Waals surface area contributed by atoms with Crippen molar-refractivity contribution in [3.05, 3.63) is 18.2 Å². The van der Waals surface area contributed by atoms with Gasteiger partial charge in [0.05, 0.1) is 11.5 Å². The molecule has 2 unspecified atom stereocenters. The minimum Gasteiger partial charge on any atom is -0.399 e. The molecule has 1 heterocycles. The molecule has 0 amide bonds. The monoisotopic (exact) mass is 285 g/mol. The van der Waals surface area contributed by atoms with Crippen molar-refractivity contribution in [1.82, 2.24) is 0 Å². The van der Waals surface area contributed by atoms with E-state index < -0.39 is 10.0 Å². The van der Waals surface area contributed by atoms with Crippen molar-refractivity contribution in [2.75, 3.05) is 24.3 Å². The predicted octanol–water partition coefficient (Wildman–Crippen LogP) is 0.753. The Kier molecular flexibility index (Phi) is 3.98. The maximum atomic E-state index is 11.4. The van der Waals surface area contributed by atoms with Crippen molar-refractivity contribution in [2.45, 2.75) is 24.3 Å². The molecule has 2 rings (SSSR count). The average Bonchev–Trinajstić information content (AvgIpc) is 2.80. The molecule has 1 aliphatic heterocycles. The molecule has 19 heavy (non-hydrogen) atoms. The van der Waals surface area contributed by atoms with Crippen LogP contribution < -0.4 is 16.2 Å². The molecular weight excluding hydrogens is 266 g/mol. The van der Waals surface area contributed by atoms with Gasteiger partial charge in [0.15, 0.2) is 0 Å². The van der Waals surface area contributed by atoms with E-state index in [1.807, 2.05) is 6.92 Å². The predicted molar refractivity (Wildman–Crippen MR) is 74.2 cm³/mol. The number of hydrogen-bond acceptors (Lipinski definition) is 5. The molecule has 0 saturated carbocycles. The van der Waals surface area contributed by atoms with Crippen molar-refractivity contribution >= 4 is 21.4 Å². The van der Waals surface area contributed by atoms with Crippen molar-refractivity contribution < 1.29 is 13.2 Å². The molecule has 1 aliphatic rings. The van der Waals surface area contributed by atoms with Crippen molar-refractivity contribution in [3.8, 4) is 0 Å². The van der Waals surface area contributed by atoms with Gasteiger partial charge in [0.1, 0.15) is 0 Å². The summed E-state index contributed by atoms with van der Waals surface area (Å²) in [5, 5.41) is 8.37. The van der Waals surface area contributed by atoms with Crippen LogP contribution in [0, 0.1) is 5.92 Å². The number of nitrogens with two attached hydrogens (primary N) is 2. The Hall–Kier alpha value is -1.31. The van der Waals surface area contributed by atoms with Gasteiger partial charge in [0.25, 0.3) is 0 Å². The maximum Gasteiger partial charge on any atom is 0.238 e. The minimum atomic E-state index is -3.75. The highest BCUT2D eigenvalue weighted by Crippen LogP contribution is 2.24. The van der Waals surface area contributed by atoms with Crippen LogP contribution in [0.1, 0.15) is 13.3 Å². The summed E-state index contributed by atoms with van der Waals surface area (Å²) in [6.07, 6.45) is 0.999. The first-order chi connectivity index (χ1) is 8.86. The van der Waals surface area contributed by atoms with Crippen molar-refractivity contribution in [2.24, 2.45) is 11.1 Å². The molecule has 0 aromatic heterocycles. The lowest BCUT2D eigenvalue weighted by molar-refractivity contribution is 0.183. The van der Waals surface area contributed by atoms with Crippen molar-refractivity contribution in [1.29, 1.82) is 0 Å². The Bertz CT molecular complexity index is 553. The molecule has 5 N–H and O–H groups in total. The minimum absolute atomic E-state index is 0.0184. The molecule has 0 aliphatic carbocycles. The Morgan fingerprint density at radius 3 is 2.74 bits per heavy atom. The second-order valence-electron chi connectivity index (χ2n) is 4.89. The van der Waals surface area contributed by atoms with Gasteiger partial charge in [-0.1, -0.05) is 0 Å². The van der Waals surface area contributed by atoms with Crippen LogP contribution in [-0.4, -0.2) is 27.7 Å². The van der Waals surface area contributed by atoms with Crippen LogP contribution in [0.2, 0.25) is 0 Å².